The molecule has 0 fully saturated rings. The third-order valence-corrected chi connectivity index (χ3v) is 6.13. The van der Waals surface area contributed by atoms with Gasteiger partial charge in [0.2, 0.25) is 0 Å². The first-order valence-corrected chi connectivity index (χ1v) is 11.3. The van der Waals surface area contributed by atoms with Crippen LogP contribution in [0.25, 0.3) is 11.1 Å². The first-order chi connectivity index (χ1) is 16.8. The monoisotopic (exact) mass is 486 g/mol. The number of hydrogen-bond donors (Lipinski definition) is 0. The summed E-state index contributed by atoms with van der Waals surface area (Å²) >= 11 is 0. The van der Waals surface area contributed by atoms with Gasteiger partial charge in [-0.05, 0) is 59.7 Å². The largest absolute Gasteiger partial charge is 0.420 e. The highest BCUT2D eigenvalue weighted by Gasteiger charge is 2.40. The molecule has 182 valence electrons. The van der Waals surface area contributed by atoms with Crippen LogP contribution in [0.2, 0.25) is 0 Å². The van der Waals surface area contributed by atoms with Crippen LogP contribution in [0.15, 0.2) is 55.1 Å². The molecule has 2 unspecified atom stereocenters. The summed E-state index contributed by atoms with van der Waals surface area (Å²) in [7, 11) is 0. The Kier molecular flexibility index (Phi) is 7.05. The third kappa shape index (κ3) is 4.47. The summed E-state index contributed by atoms with van der Waals surface area (Å²) in [5.74, 6) is -4.42. The van der Waals surface area contributed by atoms with Gasteiger partial charge in [0.05, 0.1) is 5.56 Å². The summed E-state index contributed by atoms with van der Waals surface area (Å²) in [6.07, 6.45) is -1.36. The minimum Gasteiger partial charge on any atom is -0.420 e. The number of rotatable bonds is 7. The van der Waals surface area contributed by atoms with Gasteiger partial charge in [-0.25, -0.2) is 26.7 Å². The predicted octanol–water partition coefficient (Wildman–Crippen LogP) is 8.10. The van der Waals surface area contributed by atoms with E-state index in [2.05, 4.69) is 6.58 Å². The van der Waals surface area contributed by atoms with Crippen LogP contribution < -0.4 is 4.74 Å². The number of benzene rings is 3. The molecule has 1 aliphatic carbocycles. The number of aryl methyl sites for hydroxylation is 2. The number of allylic oxidation sites excluding steroid dienone is 1. The van der Waals surface area contributed by atoms with Crippen LogP contribution in [0.3, 0.4) is 0 Å². The topological polar surface area (TPSA) is 26.3 Å². The van der Waals surface area contributed by atoms with Crippen LogP contribution in [-0.2, 0) is 12.8 Å². The SMILES string of the molecule is C=CCCc1ccc(C(=O)Oc2ccc3c(c2F)C(F)C(F)c2c-3ccc(CCC)c2F)cc1F. The highest BCUT2D eigenvalue weighted by atomic mass is 19.2. The maximum absolute atomic E-state index is 15.3. The number of carbonyl (C=O) groups excluding carboxylic acids is 1. The number of alkyl halides is 2. The van der Waals surface area contributed by atoms with Gasteiger partial charge in [0.25, 0.3) is 0 Å². The first-order valence-electron chi connectivity index (χ1n) is 11.3. The Balaban J connectivity index is 1.68. The summed E-state index contributed by atoms with van der Waals surface area (Å²) in [4.78, 5) is 12.5. The molecule has 0 spiro atoms. The second kappa shape index (κ2) is 10.0. The Bertz CT molecular complexity index is 1300. The van der Waals surface area contributed by atoms with Crippen molar-refractivity contribution in [3.8, 4) is 16.9 Å². The smallest absolute Gasteiger partial charge is 0.343 e. The number of ether oxygens (including phenoxy) is 1. The molecule has 0 bridgehead atoms. The van der Waals surface area contributed by atoms with E-state index in [-0.39, 0.29) is 22.3 Å². The van der Waals surface area contributed by atoms with Crippen molar-refractivity contribution in [2.24, 2.45) is 0 Å². The highest BCUT2D eigenvalue weighted by Crippen LogP contribution is 2.51. The minimum absolute atomic E-state index is 0.0155. The predicted molar refractivity (Wildman–Crippen MR) is 123 cm³/mol. The summed E-state index contributed by atoms with van der Waals surface area (Å²) in [6.45, 7) is 5.41. The fourth-order valence-corrected chi connectivity index (χ4v) is 4.35. The average molecular weight is 486 g/mol. The van der Waals surface area contributed by atoms with Crippen molar-refractivity contribution in [2.75, 3.05) is 0 Å². The molecule has 0 aromatic heterocycles. The molecule has 2 atom stereocenters. The minimum atomic E-state index is -2.50. The van der Waals surface area contributed by atoms with Crippen molar-refractivity contribution < 1.29 is 31.5 Å². The van der Waals surface area contributed by atoms with Crippen LogP contribution >= 0.6 is 0 Å². The van der Waals surface area contributed by atoms with E-state index >= 15 is 13.2 Å². The molecule has 4 rings (SSSR count). The van der Waals surface area contributed by atoms with Crippen molar-refractivity contribution in [1.29, 1.82) is 0 Å². The molecular formula is C28H23F5O2. The fraction of sp³-hybridized carbons (Fsp3) is 0.250. The molecule has 0 N–H and O–H groups in total. The summed E-state index contributed by atoms with van der Waals surface area (Å²) in [5.41, 5.74) is -0.582. The lowest BCUT2D eigenvalue weighted by molar-refractivity contribution is 0.0725. The molecule has 7 heteroatoms. The zero-order valence-corrected chi connectivity index (χ0v) is 19.0. The molecule has 0 saturated heterocycles. The maximum atomic E-state index is 15.3. The number of fused-ring (bicyclic) bond motifs is 3. The lowest BCUT2D eigenvalue weighted by Gasteiger charge is -2.28. The molecule has 0 saturated carbocycles. The van der Waals surface area contributed by atoms with E-state index in [1.165, 1.54) is 30.3 Å². The van der Waals surface area contributed by atoms with Crippen molar-refractivity contribution in [2.45, 2.75) is 45.0 Å². The van der Waals surface area contributed by atoms with Crippen molar-refractivity contribution >= 4 is 5.97 Å². The van der Waals surface area contributed by atoms with Gasteiger partial charge >= 0.3 is 5.97 Å². The van der Waals surface area contributed by atoms with Crippen LogP contribution in [0, 0.1) is 17.5 Å². The summed E-state index contributed by atoms with van der Waals surface area (Å²) in [5, 5.41) is 0. The van der Waals surface area contributed by atoms with E-state index in [1.54, 1.807) is 6.08 Å². The quantitative estimate of drug-likeness (QED) is 0.146. The van der Waals surface area contributed by atoms with Gasteiger partial charge in [-0.15, -0.1) is 6.58 Å². The van der Waals surface area contributed by atoms with E-state index in [9.17, 15) is 13.6 Å². The first kappa shape index (κ1) is 24.6. The average Bonchev–Trinajstić information content (AvgIpc) is 2.84. The van der Waals surface area contributed by atoms with Gasteiger partial charge in [-0.1, -0.05) is 43.7 Å². The molecule has 1 aliphatic rings. The Labute approximate surface area is 200 Å². The van der Waals surface area contributed by atoms with E-state index < -0.39 is 52.6 Å². The van der Waals surface area contributed by atoms with Gasteiger partial charge in [-0.2, -0.15) is 0 Å². The normalized spacial score (nSPS) is 16.4. The Morgan fingerprint density at radius 1 is 0.914 bits per heavy atom. The molecule has 3 aromatic rings. The molecule has 0 aliphatic heterocycles. The zero-order chi connectivity index (χ0) is 25.3. The molecular weight excluding hydrogens is 463 g/mol. The lowest BCUT2D eigenvalue weighted by Crippen LogP contribution is -2.17. The van der Waals surface area contributed by atoms with Crippen molar-refractivity contribution in [3.05, 3.63) is 100 Å². The summed E-state index contributed by atoms with van der Waals surface area (Å²) < 4.78 is 79.6. The Hall–Kier alpha value is -3.48. The van der Waals surface area contributed by atoms with E-state index in [4.69, 9.17) is 4.74 Å². The van der Waals surface area contributed by atoms with Crippen LogP contribution in [0.1, 0.15) is 64.7 Å². The van der Waals surface area contributed by atoms with Crippen molar-refractivity contribution in [1.82, 2.24) is 0 Å². The molecule has 35 heavy (non-hydrogen) atoms. The highest BCUT2D eigenvalue weighted by molar-refractivity contribution is 5.91. The Morgan fingerprint density at radius 3 is 2.17 bits per heavy atom. The molecule has 3 aromatic carbocycles. The number of esters is 1. The zero-order valence-electron chi connectivity index (χ0n) is 19.0. The van der Waals surface area contributed by atoms with Gasteiger partial charge < -0.3 is 4.74 Å². The summed E-state index contributed by atoms with van der Waals surface area (Å²) in [6, 6.07) is 9.00. The molecule has 2 nitrogen and oxygen atoms in total. The van der Waals surface area contributed by atoms with Crippen LogP contribution in [0.5, 0.6) is 5.75 Å². The fourth-order valence-electron chi connectivity index (χ4n) is 4.35. The number of hydrogen-bond acceptors (Lipinski definition) is 2. The third-order valence-electron chi connectivity index (χ3n) is 6.13. The second-order valence-corrected chi connectivity index (χ2v) is 8.42. The lowest BCUT2D eigenvalue weighted by atomic mass is 9.81. The van der Waals surface area contributed by atoms with Gasteiger partial charge in [0, 0.05) is 11.1 Å². The Morgan fingerprint density at radius 2 is 1.54 bits per heavy atom. The van der Waals surface area contributed by atoms with Gasteiger partial charge in [0.15, 0.2) is 23.9 Å². The maximum Gasteiger partial charge on any atom is 0.343 e. The second-order valence-electron chi connectivity index (χ2n) is 8.42. The van der Waals surface area contributed by atoms with Crippen LogP contribution in [-0.4, -0.2) is 5.97 Å². The standard InChI is InChI=1S/C28H23F5O2/c1-3-5-7-15-8-9-17(14-20(15)29)28(34)35-21-13-12-19-18-11-10-16(6-4-2)24(30)22(18)26(32)27(33)23(19)25(21)31/h3,8-14,26-27H,1,4-7H2,2H3. The number of carbonyl (C=O) groups is 1. The molecule has 0 radical (unpaired) electrons. The van der Waals surface area contributed by atoms with Crippen molar-refractivity contribution in [3.63, 3.8) is 0 Å². The number of halogens is 5. The van der Waals surface area contributed by atoms with Gasteiger partial charge in [0.1, 0.15) is 11.6 Å². The van der Waals surface area contributed by atoms with E-state index in [0.717, 1.165) is 12.1 Å². The van der Waals surface area contributed by atoms with Gasteiger partial charge in [-0.3, -0.25) is 0 Å². The van der Waals surface area contributed by atoms with Crippen LogP contribution in [0.4, 0.5) is 22.0 Å². The van der Waals surface area contributed by atoms with E-state index in [0.29, 0.717) is 31.2 Å². The molecule has 0 amide bonds. The van der Waals surface area contributed by atoms with E-state index in [1.807, 2.05) is 6.92 Å². The molecule has 0 heterocycles.